The smallest absolute Gasteiger partial charge is 0.244 e. The van der Waals surface area contributed by atoms with Gasteiger partial charge in [-0.05, 0) is 32.0 Å². The molecule has 1 saturated heterocycles. The van der Waals surface area contributed by atoms with Crippen LogP contribution in [-0.4, -0.2) is 42.1 Å². The molecule has 80 valence electrons. The predicted molar refractivity (Wildman–Crippen MR) is 60.1 cm³/mol. The summed E-state index contributed by atoms with van der Waals surface area (Å²) in [7, 11) is 1.74. The lowest BCUT2D eigenvalue weighted by molar-refractivity contribution is -0.131. The average Bonchev–Trinajstić information content (AvgIpc) is 2.69. The van der Waals surface area contributed by atoms with Gasteiger partial charge in [0, 0.05) is 20.1 Å². The molecule has 0 saturated carbocycles. The minimum Gasteiger partial charge on any atom is -0.366 e. The molecule has 1 unspecified atom stereocenters. The Morgan fingerprint density at radius 2 is 2.00 bits per heavy atom. The first-order valence-electron chi connectivity index (χ1n) is 4.92. The van der Waals surface area contributed by atoms with E-state index in [-0.39, 0.29) is 11.9 Å². The van der Waals surface area contributed by atoms with Crippen molar-refractivity contribution in [3.05, 3.63) is 0 Å². The van der Waals surface area contributed by atoms with E-state index in [1.807, 2.05) is 11.8 Å². The van der Waals surface area contributed by atoms with Crippen LogP contribution in [0.25, 0.3) is 0 Å². The second kappa shape index (κ2) is 5.14. The van der Waals surface area contributed by atoms with Crippen molar-refractivity contribution in [1.82, 2.24) is 15.5 Å². The quantitative estimate of drug-likeness (QED) is 0.641. The van der Waals surface area contributed by atoms with Crippen LogP contribution < -0.4 is 10.6 Å². The number of hydrogen-bond donors (Lipinski definition) is 2. The Morgan fingerprint density at radius 1 is 1.43 bits per heavy atom. The molecule has 0 aromatic carbocycles. The summed E-state index contributed by atoms with van der Waals surface area (Å²) < 4.78 is 0. The molecule has 0 aromatic heterocycles. The number of nitrogens with one attached hydrogen (secondary N) is 2. The van der Waals surface area contributed by atoms with E-state index in [4.69, 9.17) is 12.2 Å². The summed E-state index contributed by atoms with van der Waals surface area (Å²) in [6.07, 6.45) is 2.24. The topological polar surface area (TPSA) is 44.4 Å². The molecular weight excluding hydrogens is 198 g/mol. The molecular formula is C9H17N3OS. The fourth-order valence-electron chi connectivity index (χ4n) is 1.54. The van der Waals surface area contributed by atoms with Crippen LogP contribution in [0.4, 0.5) is 0 Å². The molecule has 1 aliphatic heterocycles. The van der Waals surface area contributed by atoms with E-state index in [9.17, 15) is 4.79 Å². The maximum atomic E-state index is 11.8. The highest BCUT2D eigenvalue weighted by Gasteiger charge is 2.23. The Hall–Kier alpha value is -0.840. The average molecular weight is 215 g/mol. The second-order valence-corrected chi connectivity index (χ2v) is 3.89. The molecule has 0 radical (unpaired) electrons. The van der Waals surface area contributed by atoms with Gasteiger partial charge in [-0.2, -0.15) is 0 Å². The van der Waals surface area contributed by atoms with Crippen molar-refractivity contribution in [2.75, 3.05) is 20.1 Å². The lowest BCUT2D eigenvalue weighted by Crippen LogP contribution is -2.48. The third-order valence-corrected chi connectivity index (χ3v) is 2.68. The summed E-state index contributed by atoms with van der Waals surface area (Å²) >= 11 is 4.93. The molecule has 1 fully saturated rings. The van der Waals surface area contributed by atoms with Crippen LogP contribution in [0.2, 0.25) is 0 Å². The Balaban J connectivity index is 2.39. The summed E-state index contributed by atoms with van der Waals surface area (Å²) in [5, 5.41) is 6.24. The molecule has 0 spiro atoms. The normalized spacial score (nSPS) is 17.7. The largest absolute Gasteiger partial charge is 0.366 e. The van der Waals surface area contributed by atoms with Crippen LogP contribution >= 0.6 is 12.2 Å². The van der Waals surface area contributed by atoms with E-state index >= 15 is 0 Å². The van der Waals surface area contributed by atoms with Crippen LogP contribution in [0.5, 0.6) is 0 Å². The zero-order chi connectivity index (χ0) is 10.6. The van der Waals surface area contributed by atoms with Gasteiger partial charge in [0.05, 0.1) is 0 Å². The molecule has 1 amide bonds. The standard InChI is InChI=1S/C9H17N3OS/c1-7(11-9(14)10-2)8(13)12-5-3-4-6-12/h7H,3-6H2,1-2H3,(H2,10,11,14). The van der Waals surface area contributed by atoms with Gasteiger partial charge in [0.25, 0.3) is 0 Å². The molecule has 0 bridgehead atoms. The minimum absolute atomic E-state index is 0.139. The number of nitrogens with zero attached hydrogens (tertiary/aromatic N) is 1. The lowest BCUT2D eigenvalue weighted by Gasteiger charge is -2.21. The molecule has 2 N–H and O–H groups in total. The fourth-order valence-corrected chi connectivity index (χ4v) is 1.72. The Labute approximate surface area is 90.0 Å². The summed E-state index contributed by atoms with van der Waals surface area (Å²) in [5.74, 6) is 0.139. The summed E-state index contributed by atoms with van der Waals surface area (Å²) in [5.41, 5.74) is 0. The summed E-state index contributed by atoms with van der Waals surface area (Å²) in [4.78, 5) is 13.7. The van der Waals surface area contributed by atoms with Crippen molar-refractivity contribution < 1.29 is 4.79 Å². The van der Waals surface area contributed by atoms with Crippen molar-refractivity contribution in [1.29, 1.82) is 0 Å². The molecule has 4 nitrogen and oxygen atoms in total. The summed E-state index contributed by atoms with van der Waals surface area (Å²) in [6.45, 7) is 3.61. The van der Waals surface area contributed by atoms with Gasteiger partial charge in [0.2, 0.25) is 5.91 Å². The number of likely N-dealkylation sites (tertiary alicyclic amines) is 1. The number of amides is 1. The zero-order valence-corrected chi connectivity index (χ0v) is 9.49. The number of carbonyl (C=O) groups is 1. The number of thiocarbonyl (C=S) groups is 1. The Bertz CT molecular complexity index is 226. The summed E-state index contributed by atoms with van der Waals surface area (Å²) in [6, 6.07) is -0.229. The molecule has 14 heavy (non-hydrogen) atoms. The van der Waals surface area contributed by atoms with Gasteiger partial charge in [0.1, 0.15) is 6.04 Å². The first kappa shape index (κ1) is 11.2. The highest BCUT2D eigenvalue weighted by molar-refractivity contribution is 7.80. The van der Waals surface area contributed by atoms with Crippen molar-refractivity contribution >= 4 is 23.2 Å². The Kier molecular flexibility index (Phi) is 4.13. The van der Waals surface area contributed by atoms with Crippen LogP contribution in [0, 0.1) is 0 Å². The van der Waals surface area contributed by atoms with Crippen molar-refractivity contribution in [3.63, 3.8) is 0 Å². The van der Waals surface area contributed by atoms with Crippen molar-refractivity contribution in [2.45, 2.75) is 25.8 Å². The second-order valence-electron chi connectivity index (χ2n) is 3.48. The number of hydrogen-bond acceptors (Lipinski definition) is 2. The molecule has 0 aromatic rings. The maximum Gasteiger partial charge on any atom is 0.244 e. The Morgan fingerprint density at radius 3 is 2.50 bits per heavy atom. The SMILES string of the molecule is CNC(=S)NC(C)C(=O)N1CCCC1. The van der Waals surface area contributed by atoms with Gasteiger partial charge in [-0.3, -0.25) is 4.79 Å². The first-order valence-corrected chi connectivity index (χ1v) is 5.33. The van der Waals surface area contributed by atoms with Crippen LogP contribution in [0.15, 0.2) is 0 Å². The lowest BCUT2D eigenvalue weighted by atomic mass is 10.3. The van der Waals surface area contributed by atoms with E-state index in [1.165, 1.54) is 0 Å². The highest BCUT2D eigenvalue weighted by Crippen LogP contribution is 2.08. The molecule has 1 aliphatic rings. The molecule has 1 heterocycles. The van der Waals surface area contributed by atoms with E-state index < -0.39 is 0 Å². The van der Waals surface area contributed by atoms with Gasteiger partial charge in [-0.1, -0.05) is 0 Å². The van der Waals surface area contributed by atoms with Crippen LogP contribution in [0.3, 0.4) is 0 Å². The van der Waals surface area contributed by atoms with Gasteiger partial charge < -0.3 is 15.5 Å². The molecule has 1 atom stereocenters. The van der Waals surface area contributed by atoms with Crippen LogP contribution in [-0.2, 0) is 4.79 Å². The highest BCUT2D eigenvalue weighted by atomic mass is 32.1. The zero-order valence-electron chi connectivity index (χ0n) is 8.67. The van der Waals surface area contributed by atoms with Gasteiger partial charge in [0.15, 0.2) is 5.11 Å². The van der Waals surface area contributed by atoms with E-state index in [0.29, 0.717) is 5.11 Å². The molecule has 0 aliphatic carbocycles. The van der Waals surface area contributed by atoms with E-state index in [2.05, 4.69) is 10.6 Å². The maximum absolute atomic E-state index is 11.8. The van der Waals surface area contributed by atoms with Crippen molar-refractivity contribution in [2.24, 2.45) is 0 Å². The third-order valence-electron chi connectivity index (χ3n) is 2.36. The van der Waals surface area contributed by atoms with Gasteiger partial charge in [-0.25, -0.2) is 0 Å². The first-order chi connectivity index (χ1) is 6.65. The van der Waals surface area contributed by atoms with E-state index in [0.717, 1.165) is 25.9 Å². The molecule has 1 rings (SSSR count). The van der Waals surface area contributed by atoms with Crippen LogP contribution in [0.1, 0.15) is 19.8 Å². The fraction of sp³-hybridized carbons (Fsp3) is 0.778. The molecule has 5 heteroatoms. The number of carbonyl (C=O) groups excluding carboxylic acids is 1. The van der Waals surface area contributed by atoms with Gasteiger partial charge in [-0.15, -0.1) is 0 Å². The van der Waals surface area contributed by atoms with Crippen molar-refractivity contribution in [3.8, 4) is 0 Å². The monoisotopic (exact) mass is 215 g/mol. The van der Waals surface area contributed by atoms with Gasteiger partial charge >= 0.3 is 0 Å². The predicted octanol–water partition coefficient (Wildman–Crippen LogP) is 0.0912. The number of rotatable bonds is 2. The third kappa shape index (κ3) is 2.83. The van der Waals surface area contributed by atoms with E-state index in [1.54, 1.807) is 7.05 Å². The minimum atomic E-state index is -0.229.